The van der Waals surface area contributed by atoms with Gasteiger partial charge in [0.05, 0.1) is 12.0 Å². The minimum absolute atomic E-state index is 0.0516. The summed E-state index contributed by atoms with van der Waals surface area (Å²) in [6, 6.07) is 6.43. The van der Waals surface area contributed by atoms with Gasteiger partial charge in [0.1, 0.15) is 12.1 Å². The molecular formula is C17H22N8O4. The van der Waals surface area contributed by atoms with Crippen LogP contribution < -0.4 is 21.0 Å². The zero-order valence-corrected chi connectivity index (χ0v) is 16.1. The third-order valence-electron chi connectivity index (χ3n) is 4.42. The van der Waals surface area contributed by atoms with E-state index in [2.05, 4.69) is 31.1 Å². The number of aromatic nitrogens is 2. The number of nitro groups is 1. The summed E-state index contributed by atoms with van der Waals surface area (Å²) in [5.74, 6) is 0.0638. The van der Waals surface area contributed by atoms with Gasteiger partial charge in [0.25, 0.3) is 5.91 Å². The lowest BCUT2D eigenvalue weighted by molar-refractivity contribution is -0.383. The molecule has 1 fully saturated rings. The third kappa shape index (κ3) is 5.06. The molecule has 1 aliphatic heterocycles. The maximum Gasteiger partial charge on any atom is 0.356 e. The number of methoxy groups -OCH3 is 1. The first-order valence-corrected chi connectivity index (χ1v) is 8.88. The zero-order valence-electron chi connectivity index (χ0n) is 16.1. The van der Waals surface area contributed by atoms with Crippen molar-refractivity contribution in [2.75, 3.05) is 51.2 Å². The number of hydrazine groups is 2. The molecule has 1 aromatic heterocycles. The summed E-state index contributed by atoms with van der Waals surface area (Å²) >= 11 is 0. The second-order valence-electron chi connectivity index (χ2n) is 6.39. The predicted molar refractivity (Wildman–Crippen MR) is 105 cm³/mol. The lowest BCUT2D eigenvalue weighted by atomic mass is 10.2. The molecular weight excluding hydrogens is 380 g/mol. The first-order chi connectivity index (χ1) is 14.0. The first-order valence-electron chi connectivity index (χ1n) is 8.88. The van der Waals surface area contributed by atoms with E-state index in [-0.39, 0.29) is 17.3 Å². The van der Waals surface area contributed by atoms with E-state index >= 15 is 0 Å². The highest BCUT2D eigenvalue weighted by Crippen LogP contribution is 2.28. The Hall–Kier alpha value is -3.51. The van der Waals surface area contributed by atoms with E-state index in [1.54, 1.807) is 24.3 Å². The van der Waals surface area contributed by atoms with Crippen molar-refractivity contribution in [2.24, 2.45) is 0 Å². The van der Waals surface area contributed by atoms with Crippen LogP contribution in [0, 0.1) is 10.1 Å². The van der Waals surface area contributed by atoms with E-state index < -0.39 is 10.8 Å². The Morgan fingerprint density at radius 1 is 1.14 bits per heavy atom. The summed E-state index contributed by atoms with van der Waals surface area (Å²) in [6.07, 6.45) is 1.19. The molecule has 3 N–H and O–H groups in total. The molecule has 0 aliphatic carbocycles. The summed E-state index contributed by atoms with van der Waals surface area (Å²) in [7, 11) is 3.54. The van der Waals surface area contributed by atoms with Gasteiger partial charge in [-0.3, -0.25) is 31.2 Å². The normalized spacial score (nSPS) is 14.8. The molecule has 1 amide bonds. The van der Waals surface area contributed by atoms with Gasteiger partial charge in [-0.2, -0.15) is 0 Å². The van der Waals surface area contributed by atoms with Crippen molar-refractivity contribution in [1.82, 2.24) is 25.3 Å². The van der Waals surface area contributed by atoms with Gasteiger partial charge < -0.3 is 9.64 Å². The van der Waals surface area contributed by atoms with E-state index in [0.717, 1.165) is 13.1 Å². The van der Waals surface area contributed by atoms with Crippen LogP contribution in [0.2, 0.25) is 0 Å². The minimum atomic E-state index is -0.597. The number of nitrogens with zero attached hydrogens (tertiary/aromatic N) is 5. The van der Waals surface area contributed by atoms with Crippen LogP contribution in [0.1, 0.15) is 10.4 Å². The van der Waals surface area contributed by atoms with E-state index in [1.165, 1.54) is 13.4 Å². The minimum Gasteiger partial charge on any atom is -0.497 e. The molecule has 0 atom stereocenters. The molecule has 0 radical (unpaired) electrons. The number of rotatable bonds is 7. The number of benzene rings is 1. The smallest absolute Gasteiger partial charge is 0.356 e. The highest BCUT2D eigenvalue weighted by molar-refractivity contribution is 5.95. The Kier molecular flexibility index (Phi) is 6.36. The van der Waals surface area contributed by atoms with Gasteiger partial charge in [0, 0.05) is 31.7 Å². The van der Waals surface area contributed by atoms with Crippen molar-refractivity contribution in [1.29, 1.82) is 0 Å². The van der Waals surface area contributed by atoms with Crippen molar-refractivity contribution in [3.63, 3.8) is 0 Å². The zero-order chi connectivity index (χ0) is 20.8. The van der Waals surface area contributed by atoms with Crippen LogP contribution in [0.15, 0.2) is 30.6 Å². The van der Waals surface area contributed by atoms with Crippen molar-refractivity contribution in [3.05, 3.63) is 46.3 Å². The number of likely N-dealkylation sites (N-methyl/N-ethyl adjacent to an activating group) is 1. The van der Waals surface area contributed by atoms with Crippen LogP contribution in [-0.4, -0.2) is 71.0 Å². The maximum atomic E-state index is 12.3. The summed E-state index contributed by atoms with van der Waals surface area (Å²) in [5.41, 5.74) is 7.89. The SMILES string of the molecule is COc1ccc(C(=O)NNc2ncnc(NN3CCN(C)CC3)c2[N+](=O)[O-])cc1. The Labute approximate surface area is 167 Å². The van der Waals surface area contributed by atoms with Crippen molar-refractivity contribution < 1.29 is 14.5 Å². The number of piperazine rings is 1. The van der Waals surface area contributed by atoms with Crippen LogP contribution in [0.3, 0.4) is 0 Å². The standard InChI is InChI=1S/C17H22N8O4/c1-23-7-9-24(10-8-23)22-16-14(25(27)28)15(18-11-19-16)20-21-17(26)12-3-5-13(29-2)6-4-12/h3-6,11H,7-10H2,1-2H3,(H,21,26)(H2,18,19,20,22). The fourth-order valence-corrected chi connectivity index (χ4v) is 2.72. The summed E-state index contributed by atoms with van der Waals surface area (Å²) < 4.78 is 5.05. The Bertz CT molecular complexity index is 868. The van der Waals surface area contributed by atoms with Gasteiger partial charge in [0.2, 0.25) is 11.6 Å². The second kappa shape index (κ2) is 9.12. The van der Waals surface area contributed by atoms with Gasteiger partial charge in [-0.15, -0.1) is 0 Å². The highest BCUT2D eigenvalue weighted by atomic mass is 16.6. The summed E-state index contributed by atoms with van der Waals surface area (Å²) in [6.45, 7) is 3.03. The maximum absolute atomic E-state index is 12.3. The molecule has 12 nitrogen and oxygen atoms in total. The first kappa shape index (κ1) is 20.2. The average molecular weight is 402 g/mol. The molecule has 2 heterocycles. The number of amides is 1. The van der Waals surface area contributed by atoms with Crippen LogP contribution >= 0.6 is 0 Å². The van der Waals surface area contributed by atoms with Crippen LogP contribution in [0.4, 0.5) is 17.3 Å². The largest absolute Gasteiger partial charge is 0.497 e. The molecule has 3 rings (SSSR count). The number of hydrogen-bond acceptors (Lipinski definition) is 10. The van der Waals surface area contributed by atoms with E-state index in [0.29, 0.717) is 24.4 Å². The Balaban J connectivity index is 1.71. The van der Waals surface area contributed by atoms with Gasteiger partial charge in [-0.1, -0.05) is 0 Å². The molecule has 1 saturated heterocycles. The number of anilines is 2. The Morgan fingerprint density at radius 2 is 1.79 bits per heavy atom. The molecule has 1 aliphatic rings. The van der Waals surface area contributed by atoms with Gasteiger partial charge in [0.15, 0.2) is 0 Å². The lowest BCUT2D eigenvalue weighted by Gasteiger charge is -2.32. The topological polar surface area (TPSA) is 138 Å². The molecule has 1 aromatic carbocycles. The second-order valence-corrected chi connectivity index (χ2v) is 6.39. The third-order valence-corrected chi connectivity index (χ3v) is 4.42. The van der Waals surface area contributed by atoms with E-state index in [4.69, 9.17) is 4.74 Å². The number of ether oxygens (including phenoxy) is 1. The van der Waals surface area contributed by atoms with Crippen molar-refractivity contribution >= 4 is 23.2 Å². The van der Waals surface area contributed by atoms with E-state index in [9.17, 15) is 14.9 Å². The summed E-state index contributed by atoms with van der Waals surface area (Å²) in [4.78, 5) is 33.3. The Morgan fingerprint density at radius 3 is 2.41 bits per heavy atom. The quantitative estimate of drug-likeness (QED) is 0.449. The van der Waals surface area contributed by atoms with Crippen LogP contribution in [0.25, 0.3) is 0 Å². The average Bonchev–Trinajstić information content (AvgIpc) is 2.73. The number of hydrogen-bond donors (Lipinski definition) is 3. The monoisotopic (exact) mass is 402 g/mol. The molecule has 12 heteroatoms. The molecule has 154 valence electrons. The number of carbonyl (C=O) groups is 1. The lowest BCUT2D eigenvalue weighted by Crippen LogP contribution is -2.47. The fourth-order valence-electron chi connectivity index (χ4n) is 2.72. The molecule has 0 saturated carbocycles. The van der Waals surface area contributed by atoms with Gasteiger partial charge in [-0.25, -0.2) is 15.0 Å². The van der Waals surface area contributed by atoms with Crippen LogP contribution in [0.5, 0.6) is 5.75 Å². The van der Waals surface area contributed by atoms with E-state index in [1.807, 2.05) is 12.1 Å². The molecule has 0 spiro atoms. The van der Waals surface area contributed by atoms with Gasteiger partial charge in [-0.05, 0) is 31.3 Å². The van der Waals surface area contributed by atoms with Crippen LogP contribution in [-0.2, 0) is 0 Å². The number of carbonyl (C=O) groups excluding carboxylic acids is 1. The predicted octanol–water partition coefficient (Wildman–Crippen LogP) is 0.725. The molecule has 0 unspecified atom stereocenters. The highest BCUT2D eigenvalue weighted by Gasteiger charge is 2.26. The van der Waals surface area contributed by atoms with Crippen molar-refractivity contribution in [2.45, 2.75) is 0 Å². The van der Waals surface area contributed by atoms with Crippen molar-refractivity contribution in [3.8, 4) is 5.75 Å². The molecule has 29 heavy (non-hydrogen) atoms. The van der Waals surface area contributed by atoms with Gasteiger partial charge >= 0.3 is 5.69 Å². The molecule has 0 bridgehead atoms. The molecule has 2 aromatic rings. The number of nitrogens with one attached hydrogen (secondary N) is 3. The summed E-state index contributed by atoms with van der Waals surface area (Å²) in [5, 5.41) is 13.5. The fraction of sp³-hybridized carbons (Fsp3) is 0.353.